The number of aromatic nitrogens is 2. The van der Waals surface area contributed by atoms with Crippen molar-refractivity contribution in [1.29, 1.82) is 0 Å². The van der Waals surface area contributed by atoms with E-state index in [0.717, 1.165) is 5.39 Å². The van der Waals surface area contributed by atoms with E-state index < -0.39 is 0 Å². The molecule has 0 bridgehead atoms. The topological polar surface area (TPSA) is 64.0 Å². The normalized spacial score (nSPS) is 10.5. The molecule has 0 aliphatic rings. The van der Waals surface area contributed by atoms with Gasteiger partial charge in [-0.05, 0) is 25.1 Å². The van der Waals surface area contributed by atoms with Crippen molar-refractivity contribution in [2.75, 3.05) is 7.05 Å². The van der Waals surface area contributed by atoms with Crippen LogP contribution in [-0.4, -0.2) is 22.5 Å². The van der Waals surface area contributed by atoms with Crippen LogP contribution in [0.4, 0.5) is 0 Å². The van der Waals surface area contributed by atoms with Gasteiger partial charge in [0.25, 0.3) is 11.5 Å². The summed E-state index contributed by atoms with van der Waals surface area (Å²) in [6, 6.07) is 5.19. The summed E-state index contributed by atoms with van der Waals surface area (Å²) in [5.74, 6) is -0.372. The molecule has 0 saturated heterocycles. The third kappa shape index (κ3) is 1.80. The van der Waals surface area contributed by atoms with Crippen LogP contribution in [0.25, 0.3) is 11.0 Å². The maximum atomic E-state index is 12.1. The number of nitrogens with zero attached hydrogens (tertiary/aromatic N) is 2. The molecule has 2 aromatic rings. The second kappa shape index (κ2) is 4.37. The lowest BCUT2D eigenvalue weighted by Gasteiger charge is -2.09. The third-order valence-electron chi connectivity index (χ3n) is 2.64. The van der Waals surface area contributed by atoms with Gasteiger partial charge in [0.2, 0.25) is 0 Å². The summed E-state index contributed by atoms with van der Waals surface area (Å²) < 4.78 is 1.50. The maximum absolute atomic E-state index is 12.1. The first-order valence-electron chi connectivity index (χ1n) is 5.39. The van der Waals surface area contributed by atoms with Gasteiger partial charge < -0.3 is 5.32 Å². The first-order valence-corrected chi connectivity index (χ1v) is 5.39. The Morgan fingerprint density at radius 2 is 2.29 bits per heavy atom. The molecule has 5 heteroatoms. The minimum Gasteiger partial charge on any atom is -0.355 e. The van der Waals surface area contributed by atoms with Gasteiger partial charge in [-0.15, -0.1) is 0 Å². The summed E-state index contributed by atoms with van der Waals surface area (Å²) in [4.78, 5) is 27.8. The summed E-state index contributed by atoms with van der Waals surface area (Å²) in [7, 11) is 1.51. The van der Waals surface area contributed by atoms with Crippen LogP contribution in [0.1, 0.15) is 17.3 Å². The van der Waals surface area contributed by atoms with Crippen molar-refractivity contribution in [2.45, 2.75) is 13.5 Å². The fourth-order valence-corrected chi connectivity index (χ4v) is 1.80. The van der Waals surface area contributed by atoms with Crippen molar-refractivity contribution in [2.24, 2.45) is 0 Å². The van der Waals surface area contributed by atoms with Gasteiger partial charge in [-0.2, -0.15) is 0 Å². The van der Waals surface area contributed by atoms with Gasteiger partial charge in [0.05, 0.1) is 0 Å². The molecule has 0 aliphatic heterocycles. The molecule has 0 spiro atoms. The Kier molecular flexibility index (Phi) is 2.91. The Bertz CT molecular complexity index is 631. The van der Waals surface area contributed by atoms with Gasteiger partial charge in [0.15, 0.2) is 0 Å². The van der Waals surface area contributed by atoms with E-state index in [1.54, 1.807) is 18.3 Å². The Hall–Kier alpha value is -2.17. The van der Waals surface area contributed by atoms with E-state index in [1.807, 2.05) is 13.0 Å². The fourth-order valence-electron chi connectivity index (χ4n) is 1.80. The molecule has 0 radical (unpaired) electrons. The number of carbonyl (C=O) groups excluding carboxylic acids is 1. The molecule has 0 fully saturated rings. The van der Waals surface area contributed by atoms with Crippen LogP contribution in [0.15, 0.2) is 29.2 Å². The van der Waals surface area contributed by atoms with Crippen LogP contribution in [0.5, 0.6) is 0 Å². The number of hydrogen-bond donors (Lipinski definition) is 1. The molecule has 0 aromatic carbocycles. The van der Waals surface area contributed by atoms with Crippen LogP contribution in [0, 0.1) is 0 Å². The van der Waals surface area contributed by atoms with Gasteiger partial charge in [-0.1, -0.05) is 0 Å². The Labute approximate surface area is 98.1 Å². The van der Waals surface area contributed by atoms with Crippen LogP contribution in [-0.2, 0) is 6.54 Å². The summed E-state index contributed by atoms with van der Waals surface area (Å²) >= 11 is 0. The standard InChI is InChI=1S/C12H13N3O2/c1-3-15-10-8(5-4-6-14-10)7-9(12(15)17)11(16)13-2/h4-7H,3H2,1-2H3,(H,13,16). The molecule has 2 heterocycles. The highest BCUT2D eigenvalue weighted by Crippen LogP contribution is 2.10. The van der Waals surface area contributed by atoms with E-state index in [0.29, 0.717) is 12.2 Å². The first kappa shape index (κ1) is 11.3. The van der Waals surface area contributed by atoms with Gasteiger partial charge in [-0.25, -0.2) is 4.98 Å². The molecule has 2 rings (SSSR count). The summed E-state index contributed by atoms with van der Waals surface area (Å²) in [6.07, 6.45) is 1.63. The molecule has 1 amide bonds. The molecule has 0 saturated carbocycles. The number of hydrogen-bond acceptors (Lipinski definition) is 3. The summed E-state index contributed by atoms with van der Waals surface area (Å²) in [5, 5.41) is 3.25. The molecule has 0 atom stereocenters. The Morgan fingerprint density at radius 1 is 1.53 bits per heavy atom. The van der Waals surface area contributed by atoms with Crippen LogP contribution in [0.2, 0.25) is 0 Å². The SMILES string of the molecule is CCn1c(=O)c(C(=O)NC)cc2cccnc21. The second-order valence-corrected chi connectivity index (χ2v) is 3.60. The van der Waals surface area contributed by atoms with Gasteiger partial charge in [-0.3, -0.25) is 14.2 Å². The number of nitrogens with one attached hydrogen (secondary N) is 1. The quantitative estimate of drug-likeness (QED) is 0.830. The van der Waals surface area contributed by atoms with Crippen LogP contribution >= 0.6 is 0 Å². The van der Waals surface area contributed by atoms with Crippen molar-refractivity contribution in [3.05, 3.63) is 40.3 Å². The fraction of sp³-hybridized carbons (Fsp3) is 0.250. The highest BCUT2D eigenvalue weighted by Gasteiger charge is 2.13. The van der Waals surface area contributed by atoms with Crippen molar-refractivity contribution in [3.63, 3.8) is 0 Å². The Balaban J connectivity index is 2.85. The summed E-state index contributed by atoms with van der Waals surface area (Å²) in [5.41, 5.74) is 0.445. The van der Waals surface area contributed by atoms with Gasteiger partial charge >= 0.3 is 0 Å². The zero-order valence-corrected chi connectivity index (χ0v) is 9.73. The predicted octanol–water partition coefficient (Wildman–Crippen LogP) is 0.776. The molecule has 5 nitrogen and oxygen atoms in total. The van der Waals surface area contributed by atoms with E-state index in [2.05, 4.69) is 10.3 Å². The maximum Gasteiger partial charge on any atom is 0.265 e. The van der Waals surface area contributed by atoms with Crippen molar-refractivity contribution < 1.29 is 4.79 Å². The summed E-state index contributed by atoms with van der Waals surface area (Å²) in [6.45, 7) is 2.33. The largest absolute Gasteiger partial charge is 0.355 e. The lowest BCUT2D eigenvalue weighted by molar-refractivity contribution is 0.0961. The lowest BCUT2D eigenvalue weighted by atomic mass is 10.2. The minimum absolute atomic E-state index is 0.148. The van der Waals surface area contributed by atoms with Crippen molar-refractivity contribution in [1.82, 2.24) is 14.9 Å². The van der Waals surface area contributed by atoms with Gasteiger partial charge in [0.1, 0.15) is 11.2 Å². The highest BCUT2D eigenvalue weighted by atomic mass is 16.2. The van der Waals surface area contributed by atoms with Crippen molar-refractivity contribution >= 4 is 16.9 Å². The number of carbonyl (C=O) groups is 1. The average molecular weight is 231 g/mol. The van der Waals surface area contributed by atoms with E-state index >= 15 is 0 Å². The lowest BCUT2D eigenvalue weighted by Crippen LogP contribution is -2.31. The number of amides is 1. The molecule has 88 valence electrons. The molecule has 2 aromatic heterocycles. The van der Waals surface area contributed by atoms with Crippen molar-refractivity contribution in [3.8, 4) is 0 Å². The number of rotatable bonds is 2. The number of pyridine rings is 2. The molecule has 17 heavy (non-hydrogen) atoms. The molecular weight excluding hydrogens is 218 g/mol. The number of fused-ring (bicyclic) bond motifs is 1. The van der Waals surface area contributed by atoms with E-state index in [1.165, 1.54) is 11.6 Å². The monoisotopic (exact) mass is 231 g/mol. The minimum atomic E-state index is -0.372. The van der Waals surface area contributed by atoms with E-state index in [4.69, 9.17) is 0 Å². The highest BCUT2D eigenvalue weighted by molar-refractivity contribution is 5.96. The molecule has 0 aliphatic carbocycles. The smallest absolute Gasteiger partial charge is 0.265 e. The zero-order chi connectivity index (χ0) is 12.4. The molecular formula is C12H13N3O2. The first-order chi connectivity index (χ1) is 8.19. The molecule has 0 unspecified atom stereocenters. The molecule has 1 N–H and O–H groups in total. The third-order valence-corrected chi connectivity index (χ3v) is 2.64. The van der Waals surface area contributed by atoms with E-state index in [-0.39, 0.29) is 17.0 Å². The second-order valence-electron chi connectivity index (χ2n) is 3.60. The van der Waals surface area contributed by atoms with Crippen LogP contribution < -0.4 is 10.9 Å². The Morgan fingerprint density at radius 3 is 2.94 bits per heavy atom. The number of aryl methyl sites for hydroxylation is 1. The van der Waals surface area contributed by atoms with Crippen LogP contribution in [0.3, 0.4) is 0 Å². The average Bonchev–Trinajstić information content (AvgIpc) is 2.37. The van der Waals surface area contributed by atoms with Gasteiger partial charge in [0, 0.05) is 25.2 Å². The van der Waals surface area contributed by atoms with E-state index in [9.17, 15) is 9.59 Å². The zero-order valence-electron chi connectivity index (χ0n) is 9.73. The predicted molar refractivity (Wildman–Crippen MR) is 65.1 cm³/mol.